The summed E-state index contributed by atoms with van der Waals surface area (Å²) in [5, 5.41) is 11.1. The zero-order valence-electron chi connectivity index (χ0n) is 19.5. The van der Waals surface area contributed by atoms with Gasteiger partial charge in [-0.05, 0) is 35.4 Å². The molecule has 4 rings (SSSR count). The van der Waals surface area contributed by atoms with Crippen LogP contribution < -0.4 is 5.32 Å². The van der Waals surface area contributed by atoms with Crippen LogP contribution in [0.4, 0.5) is 5.69 Å². The van der Waals surface area contributed by atoms with Crippen molar-refractivity contribution >= 4 is 27.6 Å². The second kappa shape index (κ2) is 11.3. The molecular weight excluding hydrogens is 478 g/mol. The Morgan fingerprint density at radius 2 is 1.31 bits per heavy atom. The minimum Gasteiger partial charge on any atom is -0.478 e. The molecule has 3 aromatic carbocycles. The van der Waals surface area contributed by atoms with E-state index in [0.717, 1.165) is 23.3 Å². The first-order chi connectivity index (χ1) is 17.3. The van der Waals surface area contributed by atoms with Crippen molar-refractivity contribution in [1.82, 2.24) is 9.21 Å². The second-order valence-corrected chi connectivity index (χ2v) is 10.3. The molecule has 186 valence electrons. The van der Waals surface area contributed by atoms with E-state index < -0.39 is 21.9 Å². The molecule has 1 saturated heterocycles. The van der Waals surface area contributed by atoms with Crippen LogP contribution in [0.5, 0.6) is 0 Å². The van der Waals surface area contributed by atoms with Crippen LogP contribution in [-0.2, 0) is 19.6 Å². The summed E-state index contributed by atoms with van der Waals surface area (Å²) in [4.78, 5) is 24.7. The summed E-state index contributed by atoms with van der Waals surface area (Å²) in [5.41, 5.74) is 2.69. The smallest absolute Gasteiger partial charge is 0.328 e. The lowest BCUT2D eigenvalue weighted by molar-refractivity contribution is -0.131. The minimum absolute atomic E-state index is 0.0373. The van der Waals surface area contributed by atoms with Gasteiger partial charge in [-0.15, -0.1) is 0 Å². The standard InChI is InChI=1S/C27H27N3O5S/c31-25(15-16-26(32)33)28-23-11-13-24(14-12-23)36(34,35)30-19-17-29(18-20-30)27(21-7-3-1-4-8-21)22-9-5-2-6-10-22/h1-16,27H,17-20H2,(H,28,31)(H,32,33). The molecule has 0 saturated carbocycles. The van der Waals surface area contributed by atoms with Gasteiger partial charge in [-0.1, -0.05) is 60.7 Å². The van der Waals surface area contributed by atoms with Gasteiger partial charge in [0.05, 0.1) is 10.9 Å². The molecule has 0 aromatic heterocycles. The molecule has 2 N–H and O–H groups in total. The Labute approximate surface area is 210 Å². The van der Waals surface area contributed by atoms with Crippen molar-refractivity contribution in [3.05, 3.63) is 108 Å². The van der Waals surface area contributed by atoms with Gasteiger partial charge in [0.2, 0.25) is 15.9 Å². The van der Waals surface area contributed by atoms with Crippen LogP contribution in [-0.4, -0.2) is 60.8 Å². The molecule has 3 aromatic rings. The number of nitrogens with zero attached hydrogens (tertiary/aromatic N) is 2. The van der Waals surface area contributed by atoms with Crippen LogP contribution in [0.3, 0.4) is 0 Å². The number of sulfonamides is 1. The molecular formula is C27H27N3O5S. The van der Waals surface area contributed by atoms with Crippen molar-refractivity contribution in [2.75, 3.05) is 31.5 Å². The van der Waals surface area contributed by atoms with E-state index in [1.807, 2.05) is 36.4 Å². The first-order valence-corrected chi connectivity index (χ1v) is 12.9. The molecule has 0 atom stereocenters. The molecule has 9 heteroatoms. The highest BCUT2D eigenvalue weighted by Gasteiger charge is 2.32. The monoisotopic (exact) mass is 505 g/mol. The SMILES string of the molecule is O=C(O)C=CC(=O)Nc1ccc(S(=O)(=O)N2CCN(C(c3ccccc3)c3ccccc3)CC2)cc1. The lowest BCUT2D eigenvalue weighted by atomic mass is 9.96. The predicted molar refractivity (Wildman–Crippen MR) is 137 cm³/mol. The molecule has 0 radical (unpaired) electrons. The van der Waals surface area contributed by atoms with Crippen LogP contribution in [0.15, 0.2) is 102 Å². The van der Waals surface area contributed by atoms with E-state index in [1.54, 1.807) is 0 Å². The van der Waals surface area contributed by atoms with E-state index in [2.05, 4.69) is 34.5 Å². The summed E-state index contributed by atoms with van der Waals surface area (Å²) in [6, 6.07) is 26.3. The van der Waals surface area contributed by atoms with E-state index >= 15 is 0 Å². The quantitative estimate of drug-likeness (QED) is 0.455. The van der Waals surface area contributed by atoms with E-state index in [9.17, 15) is 18.0 Å². The third-order valence-electron chi connectivity index (χ3n) is 6.01. The van der Waals surface area contributed by atoms with E-state index in [4.69, 9.17) is 5.11 Å². The average molecular weight is 506 g/mol. The molecule has 36 heavy (non-hydrogen) atoms. The first-order valence-electron chi connectivity index (χ1n) is 11.5. The number of carbonyl (C=O) groups excluding carboxylic acids is 1. The normalized spacial score (nSPS) is 15.2. The molecule has 1 amide bonds. The fourth-order valence-electron chi connectivity index (χ4n) is 4.28. The lowest BCUT2D eigenvalue weighted by Crippen LogP contribution is -2.49. The number of carboxylic acids is 1. The minimum atomic E-state index is -3.70. The topological polar surface area (TPSA) is 107 Å². The van der Waals surface area contributed by atoms with Crippen LogP contribution in [0.1, 0.15) is 17.2 Å². The summed E-state index contributed by atoms with van der Waals surface area (Å²) < 4.78 is 28.0. The molecule has 1 aliphatic heterocycles. The van der Waals surface area contributed by atoms with Gasteiger partial charge < -0.3 is 10.4 Å². The highest BCUT2D eigenvalue weighted by Crippen LogP contribution is 2.30. The summed E-state index contributed by atoms with van der Waals surface area (Å²) in [5.74, 6) is -1.85. The molecule has 0 spiro atoms. The van der Waals surface area contributed by atoms with Crippen molar-refractivity contribution in [3.63, 3.8) is 0 Å². The van der Waals surface area contributed by atoms with Crippen molar-refractivity contribution in [3.8, 4) is 0 Å². The summed E-state index contributed by atoms with van der Waals surface area (Å²) in [6.07, 6.45) is 1.62. The fraction of sp³-hybridized carbons (Fsp3) is 0.185. The van der Waals surface area contributed by atoms with Crippen molar-refractivity contribution in [2.45, 2.75) is 10.9 Å². The summed E-state index contributed by atoms with van der Waals surface area (Å²) >= 11 is 0. The van der Waals surface area contributed by atoms with Crippen molar-refractivity contribution < 1.29 is 23.1 Å². The Morgan fingerprint density at radius 3 is 1.81 bits per heavy atom. The Balaban J connectivity index is 1.44. The first kappa shape index (κ1) is 25.3. The number of rotatable bonds is 8. The molecule has 1 aliphatic rings. The lowest BCUT2D eigenvalue weighted by Gasteiger charge is -2.39. The number of aliphatic carboxylic acids is 1. The van der Waals surface area contributed by atoms with Crippen LogP contribution >= 0.6 is 0 Å². The zero-order valence-corrected chi connectivity index (χ0v) is 20.3. The fourth-order valence-corrected chi connectivity index (χ4v) is 5.70. The van der Waals surface area contributed by atoms with E-state index in [1.165, 1.54) is 28.6 Å². The maximum absolute atomic E-state index is 13.3. The molecule has 1 heterocycles. The molecule has 1 fully saturated rings. The third kappa shape index (κ3) is 6.06. The third-order valence-corrected chi connectivity index (χ3v) is 7.92. The van der Waals surface area contributed by atoms with E-state index in [-0.39, 0.29) is 10.9 Å². The number of hydrogen-bond donors (Lipinski definition) is 2. The van der Waals surface area contributed by atoms with Gasteiger partial charge in [-0.25, -0.2) is 13.2 Å². The van der Waals surface area contributed by atoms with Crippen LogP contribution in [0, 0.1) is 0 Å². The van der Waals surface area contributed by atoms with E-state index in [0.29, 0.717) is 31.9 Å². The zero-order chi connectivity index (χ0) is 25.5. The van der Waals surface area contributed by atoms with Gasteiger partial charge in [0.25, 0.3) is 0 Å². The van der Waals surface area contributed by atoms with Gasteiger partial charge >= 0.3 is 5.97 Å². The molecule has 0 aliphatic carbocycles. The maximum atomic E-state index is 13.3. The summed E-state index contributed by atoms with van der Waals surface area (Å²) in [6.45, 7) is 1.88. The van der Waals surface area contributed by atoms with Crippen molar-refractivity contribution in [2.24, 2.45) is 0 Å². The van der Waals surface area contributed by atoms with Crippen molar-refractivity contribution in [1.29, 1.82) is 0 Å². The Kier molecular flexibility index (Phi) is 7.94. The number of hydrogen-bond acceptors (Lipinski definition) is 5. The predicted octanol–water partition coefficient (Wildman–Crippen LogP) is 3.36. The number of carbonyl (C=O) groups is 2. The summed E-state index contributed by atoms with van der Waals surface area (Å²) in [7, 11) is -3.70. The molecule has 0 bridgehead atoms. The highest BCUT2D eigenvalue weighted by molar-refractivity contribution is 7.89. The average Bonchev–Trinajstić information content (AvgIpc) is 2.90. The van der Waals surface area contributed by atoms with Crippen LogP contribution in [0.25, 0.3) is 0 Å². The second-order valence-electron chi connectivity index (χ2n) is 8.35. The largest absolute Gasteiger partial charge is 0.478 e. The van der Waals surface area contributed by atoms with Gasteiger partial charge in [-0.2, -0.15) is 4.31 Å². The Morgan fingerprint density at radius 1 is 0.778 bits per heavy atom. The number of piperazine rings is 1. The van der Waals surface area contributed by atoms with Gasteiger partial charge in [0, 0.05) is 44.0 Å². The number of benzene rings is 3. The Bertz CT molecular complexity index is 1280. The number of anilines is 1. The molecule has 0 unspecified atom stereocenters. The van der Waals surface area contributed by atoms with Gasteiger partial charge in [0.1, 0.15) is 0 Å². The van der Waals surface area contributed by atoms with Gasteiger partial charge in [0.15, 0.2) is 0 Å². The highest BCUT2D eigenvalue weighted by atomic mass is 32.2. The Hall–Kier alpha value is -3.79. The number of nitrogens with one attached hydrogen (secondary N) is 1. The van der Waals surface area contributed by atoms with Gasteiger partial charge in [-0.3, -0.25) is 9.69 Å². The molecule has 8 nitrogen and oxygen atoms in total. The number of amides is 1. The maximum Gasteiger partial charge on any atom is 0.328 e. The van der Waals surface area contributed by atoms with Crippen LogP contribution in [0.2, 0.25) is 0 Å². The number of carboxylic acid groups (broad SMARTS) is 1.